The molecule has 3 aromatic rings. The third-order valence-corrected chi connectivity index (χ3v) is 8.75. The first kappa shape index (κ1) is 25.5. The second kappa shape index (κ2) is 11.1. The van der Waals surface area contributed by atoms with Crippen LogP contribution in [0.25, 0.3) is 10.8 Å². The first-order valence-electron chi connectivity index (χ1n) is 12.7. The van der Waals surface area contributed by atoms with E-state index in [1.807, 2.05) is 35.2 Å². The fraction of sp³-hybridized carbons (Fsp3) is 0.414. The van der Waals surface area contributed by atoms with Crippen LogP contribution < -0.4 is 0 Å². The molecule has 3 aromatic carbocycles. The number of carbonyl (C=O) groups excluding carboxylic acids is 1. The van der Waals surface area contributed by atoms with Crippen molar-refractivity contribution in [3.05, 3.63) is 81.6 Å². The molecule has 2 saturated heterocycles. The number of hydrogen-bond donors (Lipinski definition) is 1. The molecule has 5 rings (SSSR count). The molecule has 1 amide bonds. The van der Waals surface area contributed by atoms with Crippen molar-refractivity contribution in [1.29, 1.82) is 0 Å². The standard InChI is InChI=1S/C29H31Cl2FN2O2/c30-26-7-5-19(16-27(26)31)15-20-9-12-34(17-21(20)18-35)22-10-13-33(14-11-22)29(36)25-6-8-28(32)24-4-2-1-3-23(24)25/h1-8,16,20-22,35H,9-15,17-18H2. The smallest absolute Gasteiger partial charge is 0.254 e. The van der Waals surface area contributed by atoms with Crippen LogP contribution in [-0.4, -0.2) is 59.6 Å². The van der Waals surface area contributed by atoms with E-state index >= 15 is 0 Å². The van der Waals surface area contributed by atoms with Crippen molar-refractivity contribution in [3.8, 4) is 0 Å². The third kappa shape index (κ3) is 5.26. The molecule has 2 aliphatic heterocycles. The highest BCUT2D eigenvalue weighted by Gasteiger charge is 2.34. The van der Waals surface area contributed by atoms with Crippen LogP contribution in [0.2, 0.25) is 10.0 Å². The van der Waals surface area contributed by atoms with Crippen LogP contribution in [-0.2, 0) is 6.42 Å². The van der Waals surface area contributed by atoms with Crippen LogP contribution in [0.3, 0.4) is 0 Å². The highest BCUT2D eigenvalue weighted by Crippen LogP contribution is 2.32. The molecule has 1 N–H and O–H groups in total. The molecule has 2 heterocycles. The van der Waals surface area contributed by atoms with E-state index in [-0.39, 0.29) is 24.2 Å². The number of nitrogens with zero attached hydrogens (tertiary/aromatic N) is 2. The summed E-state index contributed by atoms with van der Waals surface area (Å²) in [5.74, 6) is 0.274. The lowest BCUT2D eigenvalue weighted by atomic mass is 9.80. The molecule has 4 nitrogen and oxygen atoms in total. The third-order valence-electron chi connectivity index (χ3n) is 8.01. The van der Waals surface area contributed by atoms with Crippen molar-refractivity contribution in [2.45, 2.75) is 31.7 Å². The number of aliphatic hydroxyl groups is 1. The van der Waals surface area contributed by atoms with Gasteiger partial charge in [0, 0.05) is 43.2 Å². The van der Waals surface area contributed by atoms with E-state index in [4.69, 9.17) is 23.2 Å². The molecule has 2 unspecified atom stereocenters. The van der Waals surface area contributed by atoms with Gasteiger partial charge in [0.05, 0.1) is 10.0 Å². The Balaban J connectivity index is 1.19. The number of carbonyl (C=O) groups is 1. The molecule has 0 saturated carbocycles. The summed E-state index contributed by atoms with van der Waals surface area (Å²) in [6.45, 7) is 3.38. The number of hydrogen-bond acceptors (Lipinski definition) is 3. The first-order valence-corrected chi connectivity index (χ1v) is 13.5. The van der Waals surface area contributed by atoms with Gasteiger partial charge in [-0.05, 0) is 79.3 Å². The average molecular weight is 529 g/mol. The van der Waals surface area contributed by atoms with E-state index in [1.165, 1.54) is 6.07 Å². The molecule has 36 heavy (non-hydrogen) atoms. The Labute approximate surface area is 221 Å². The van der Waals surface area contributed by atoms with E-state index < -0.39 is 0 Å². The molecular weight excluding hydrogens is 498 g/mol. The maximum Gasteiger partial charge on any atom is 0.254 e. The van der Waals surface area contributed by atoms with Crippen LogP contribution in [0.4, 0.5) is 4.39 Å². The topological polar surface area (TPSA) is 43.8 Å². The zero-order valence-electron chi connectivity index (χ0n) is 20.2. The normalized spacial score (nSPS) is 21.7. The zero-order valence-corrected chi connectivity index (χ0v) is 21.7. The average Bonchev–Trinajstić information content (AvgIpc) is 2.91. The molecule has 2 aliphatic rings. The van der Waals surface area contributed by atoms with E-state index in [2.05, 4.69) is 4.90 Å². The largest absolute Gasteiger partial charge is 0.396 e. The minimum Gasteiger partial charge on any atom is -0.396 e. The van der Waals surface area contributed by atoms with Gasteiger partial charge in [-0.2, -0.15) is 0 Å². The Kier molecular flexibility index (Phi) is 7.82. The van der Waals surface area contributed by atoms with Crippen molar-refractivity contribution < 1.29 is 14.3 Å². The van der Waals surface area contributed by atoms with Crippen LogP contribution >= 0.6 is 23.2 Å². The summed E-state index contributed by atoms with van der Waals surface area (Å²) in [5, 5.41) is 12.4. The highest BCUT2D eigenvalue weighted by molar-refractivity contribution is 6.42. The lowest BCUT2D eigenvalue weighted by molar-refractivity contribution is 0.0242. The van der Waals surface area contributed by atoms with Crippen LogP contribution in [0.15, 0.2) is 54.6 Å². The van der Waals surface area contributed by atoms with Gasteiger partial charge in [-0.1, -0.05) is 53.5 Å². The maximum absolute atomic E-state index is 14.2. The molecule has 0 aliphatic carbocycles. The van der Waals surface area contributed by atoms with E-state index in [9.17, 15) is 14.3 Å². The number of benzene rings is 3. The molecule has 0 aromatic heterocycles. The lowest BCUT2D eigenvalue weighted by Gasteiger charge is -2.44. The summed E-state index contributed by atoms with van der Waals surface area (Å²) in [5.41, 5.74) is 1.72. The predicted molar refractivity (Wildman–Crippen MR) is 143 cm³/mol. The Morgan fingerprint density at radius 1 is 0.917 bits per heavy atom. The SMILES string of the molecule is O=C(c1ccc(F)c2ccccc12)N1CCC(N2CCC(Cc3ccc(Cl)c(Cl)c3)C(CO)C2)CC1. The Morgan fingerprint density at radius 2 is 1.67 bits per heavy atom. The highest BCUT2D eigenvalue weighted by atomic mass is 35.5. The van der Waals surface area contributed by atoms with Crippen LogP contribution in [0, 0.1) is 17.7 Å². The second-order valence-corrected chi connectivity index (χ2v) is 10.9. The first-order chi connectivity index (χ1) is 17.4. The molecule has 2 fully saturated rings. The number of halogens is 3. The van der Waals surface area contributed by atoms with Crippen LogP contribution in [0.1, 0.15) is 35.2 Å². The van der Waals surface area contributed by atoms with Gasteiger partial charge < -0.3 is 10.0 Å². The van der Waals surface area contributed by atoms with Crippen LogP contribution in [0.5, 0.6) is 0 Å². The molecule has 190 valence electrons. The van der Waals surface area contributed by atoms with Gasteiger partial charge >= 0.3 is 0 Å². The predicted octanol–water partition coefficient (Wildman–Crippen LogP) is 6.06. The van der Waals surface area contributed by atoms with Gasteiger partial charge in [-0.3, -0.25) is 9.69 Å². The fourth-order valence-electron chi connectivity index (χ4n) is 5.94. The Morgan fingerprint density at radius 3 is 2.39 bits per heavy atom. The van der Waals surface area contributed by atoms with Gasteiger partial charge in [-0.15, -0.1) is 0 Å². The molecule has 2 atom stereocenters. The Hall–Kier alpha value is -2.18. The molecule has 0 spiro atoms. The molecule has 0 radical (unpaired) electrons. The van der Waals surface area contributed by atoms with E-state index in [1.54, 1.807) is 18.2 Å². The summed E-state index contributed by atoms with van der Waals surface area (Å²) in [6.07, 6.45) is 3.71. The minimum atomic E-state index is -0.304. The fourth-order valence-corrected chi connectivity index (χ4v) is 6.26. The van der Waals surface area contributed by atoms with Crippen molar-refractivity contribution in [1.82, 2.24) is 9.80 Å². The van der Waals surface area contributed by atoms with Gasteiger partial charge in [0.1, 0.15) is 5.82 Å². The van der Waals surface area contributed by atoms with E-state index in [0.717, 1.165) is 44.3 Å². The van der Waals surface area contributed by atoms with Crippen molar-refractivity contribution in [2.24, 2.45) is 11.8 Å². The summed E-state index contributed by atoms with van der Waals surface area (Å²) in [6, 6.07) is 16.4. The van der Waals surface area contributed by atoms with E-state index in [0.29, 0.717) is 51.4 Å². The monoisotopic (exact) mass is 528 g/mol. The van der Waals surface area contributed by atoms with Crippen molar-refractivity contribution in [2.75, 3.05) is 32.8 Å². The van der Waals surface area contributed by atoms with Crippen molar-refractivity contribution in [3.63, 3.8) is 0 Å². The van der Waals surface area contributed by atoms with Gasteiger partial charge in [0.25, 0.3) is 5.91 Å². The van der Waals surface area contributed by atoms with Gasteiger partial charge in [-0.25, -0.2) is 4.39 Å². The number of aliphatic hydroxyl groups excluding tert-OH is 1. The number of likely N-dealkylation sites (tertiary alicyclic amines) is 2. The maximum atomic E-state index is 14.2. The zero-order chi connectivity index (χ0) is 25.2. The number of rotatable bonds is 5. The number of amides is 1. The molecular formula is C29H31Cl2FN2O2. The lowest BCUT2D eigenvalue weighted by Crippen LogP contribution is -2.52. The number of fused-ring (bicyclic) bond motifs is 1. The quantitative estimate of drug-likeness (QED) is 0.437. The molecule has 7 heteroatoms. The summed E-state index contributed by atoms with van der Waals surface area (Å²) in [7, 11) is 0. The Bertz CT molecular complexity index is 1250. The number of piperidine rings is 2. The summed E-state index contributed by atoms with van der Waals surface area (Å²) in [4.78, 5) is 17.7. The minimum absolute atomic E-state index is 0.0294. The summed E-state index contributed by atoms with van der Waals surface area (Å²) >= 11 is 12.3. The van der Waals surface area contributed by atoms with Gasteiger partial charge in [0.2, 0.25) is 0 Å². The van der Waals surface area contributed by atoms with Gasteiger partial charge in [0.15, 0.2) is 0 Å². The van der Waals surface area contributed by atoms with Crippen molar-refractivity contribution >= 4 is 39.9 Å². The second-order valence-electron chi connectivity index (χ2n) is 10.1. The molecule has 0 bridgehead atoms. The summed E-state index contributed by atoms with van der Waals surface area (Å²) < 4.78 is 14.2.